The topological polar surface area (TPSA) is 17.1 Å². The number of benzene rings is 1. The lowest BCUT2D eigenvalue weighted by atomic mass is 10.0. The summed E-state index contributed by atoms with van der Waals surface area (Å²) >= 11 is 0. The zero-order valence-corrected chi connectivity index (χ0v) is 18.7. The molecule has 0 amide bonds. The summed E-state index contributed by atoms with van der Waals surface area (Å²) in [5, 5.41) is 0. The first-order valence-electron chi connectivity index (χ1n) is 12.4. The summed E-state index contributed by atoms with van der Waals surface area (Å²) in [6, 6.07) is 9.72. The van der Waals surface area contributed by atoms with Gasteiger partial charge in [0.05, 0.1) is 0 Å². The van der Waals surface area contributed by atoms with Crippen molar-refractivity contribution in [3.63, 3.8) is 0 Å². The smallest absolute Gasteiger partial charge is 0.162 e. The molecule has 0 aromatic heterocycles. The van der Waals surface area contributed by atoms with Crippen LogP contribution in [0.1, 0.15) is 139 Å². The molecule has 1 nitrogen and oxygen atoms in total. The summed E-state index contributed by atoms with van der Waals surface area (Å²) in [5.74, 6) is 0.303. The van der Waals surface area contributed by atoms with Crippen LogP contribution in [0.3, 0.4) is 0 Å². The molecule has 1 aromatic carbocycles. The van der Waals surface area contributed by atoms with Crippen molar-refractivity contribution >= 4 is 5.78 Å². The predicted molar refractivity (Wildman–Crippen MR) is 124 cm³/mol. The minimum absolute atomic E-state index is 0.303. The van der Waals surface area contributed by atoms with Crippen molar-refractivity contribution in [3.05, 3.63) is 35.9 Å². The third-order valence-electron chi connectivity index (χ3n) is 5.85. The van der Waals surface area contributed by atoms with Gasteiger partial charge < -0.3 is 0 Å². The lowest BCUT2D eigenvalue weighted by Gasteiger charge is -2.04. The predicted octanol–water partition coefficient (Wildman–Crippen LogP) is 9.30. The van der Waals surface area contributed by atoms with Crippen molar-refractivity contribution in [2.24, 2.45) is 0 Å². The normalized spacial score (nSPS) is 11.0. The lowest BCUT2D eigenvalue weighted by molar-refractivity contribution is 0.0979. The molecule has 1 heteroatoms. The third-order valence-corrected chi connectivity index (χ3v) is 5.85. The fraction of sp³-hybridized carbons (Fsp3) is 0.741. The van der Waals surface area contributed by atoms with Crippen molar-refractivity contribution in [1.29, 1.82) is 0 Å². The van der Waals surface area contributed by atoms with Gasteiger partial charge in [0.2, 0.25) is 0 Å². The van der Waals surface area contributed by atoms with Gasteiger partial charge in [-0.1, -0.05) is 146 Å². The van der Waals surface area contributed by atoms with Crippen molar-refractivity contribution in [1.82, 2.24) is 0 Å². The van der Waals surface area contributed by atoms with Gasteiger partial charge in [-0.2, -0.15) is 0 Å². The third kappa shape index (κ3) is 14.9. The highest BCUT2D eigenvalue weighted by Crippen LogP contribution is 2.15. The second-order valence-corrected chi connectivity index (χ2v) is 8.55. The van der Waals surface area contributed by atoms with E-state index >= 15 is 0 Å². The van der Waals surface area contributed by atoms with E-state index in [4.69, 9.17) is 0 Å². The second-order valence-electron chi connectivity index (χ2n) is 8.55. The molecule has 1 aromatic rings. The van der Waals surface area contributed by atoms with Crippen LogP contribution in [0, 0.1) is 0 Å². The van der Waals surface area contributed by atoms with E-state index in [0.29, 0.717) is 12.2 Å². The van der Waals surface area contributed by atoms with E-state index < -0.39 is 0 Å². The SMILES string of the molecule is CCCCCCCCCCCCCCCCCCCCC(=O)c1ccccc1. The molecule has 0 heterocycles. The van der Waals surface area contributed by atoms with Crippen LogP contribution < -0.4 is 0 Å². The standard InChI is InChI=1S/C27H46O/c1-2-3-4-5-6-7-8-9-10-11-12-13-14-15-16-17-18-22-25-27(28)26-23-20-19-21-24-26/h19-21,23-24H,2-18,22,25H2,1H3. The van der Waals surface area contributed by atoms with Gasteiger partial charge in [0.25, 0.3) is 0 Å². The second kappa shape index (κ2) is 19.2. The van der Waals surface area contributed by atoms with Gasteiger partial charge in [0.15, 0.2) is 5.78 Å². The molecule has 0 fully saturated rings. The van der Waals surface area contributed by atoms with Crippen molar-refractivity contribution in [2.75, 3.05) is 0 Å². The Labute approximate surface area is 175 Å². The molecule has 0 aliphatic carbocycles. The van der Waals surface area contributed by atoms with Crippen LogP contribution in [0.4, 0.5) is 0 Å². The van der Waals surface area contributed by atoms with Crippen molar-refractivity contribution in [3.8, 4) is 0 Å². The van der Waals surface area contributed by atoms with Crippen molar-refractivity contribution < 1.29 is 4.79 Å². The summed E-state index contributed by atoms with van der Waals surface area (Å²) in [6.07, 6.45) is 25.6. The maximum Gasteiger partial charge on any atom is 0.162 e. The highest BCUT2D eigenvalue weighted by Gasteiger charge is 2.04. The van der Waals surface area contributed by atoms with Crippen LogP contribution in [-0.4, -0.2) is 5.78 Å². The summed E-state index contributed by atoms with van der Waals surface area (Å²) in [6.45, 7) is 2.29. The average molecular weight is 387 g/mol. The van der Waals surface area contributed by atoms with Gasteiger partial charge in [-0.05, 0) is 6.42 Å². The van der Waals surface area contributed by atoms with Crippen LogP contribution in [0.25, 0.3) is 0 Å². The molecule has 0 unspecified atom stereocenters. The molecule has 28 heavy (non-hydrogen) atoms. The Balaban J connectivity index is 1.74. The fourth-order valence-electron chi connectivity index (χ4n) is 3.96. The summed E-state index contributed by atoms with van der Waals surface area (Å²) < 4.78 is 0. The molecule has 0 bridgehead atoms. The average Bonchev–Trinajstić information content (AvgIpc) is 2.73. The van der Waals surface area contributed by atoms with E-state index in [-0.39, 0.29) is 0 Å². The Hall–Kier alpha value is -1.11. The number of rotatable bonds is 20. The molecule has 0 saturated heterocycles. The number of carbonyl (C=O) groups is 1. The zero-order valence-electron chi connectivity index (χ0n) is 18.7. The largest absolute Gasteiger partial charge is 0.294 e. The summed E-state index contributed by atoms with van der Waals surface area (Å²) in [5.41, 5.74) is 0.870. The Morgan fingerprint density at radius 1 is 0.536 bits per heavy atom. The van der Waals surface area contributed by atoms with E-state index in [0.717, 1.165) is 12.0 Å². The van der Waals surface area contributed by atoms with Crippen LogP contribution >= 0.6 is 0 Å². The van der Waals surface area contributed by atoms with Crippen LogP contribution in [0.5, 0.6) is 0 Å². The molecule has 0 saturated carbocycles. The number of carbonyl (C=O) groups excluding carboxylic acids is 1. The first-order chi connectivity index (χ1) is 13.8. The molecule has 0 spiro atoms. The maximum atomic E-state index is 12.0. The van der Waals surface area contributed by atoms with E-state index in [1.165, 1.54) is 109 Å². The number of hydrogen-bond donors (Lipinski definition) is 0. The molecule has 0 radical (unpaired) electrons. The van der Waals surface area contributed by atoms with Gasteiger partial charge in [-0.3, -0.25) is 4.79 Å². The Morgan fingerprint density at radius 3 is 1.29 bits per heavy atom. The van der Waals surface area contributed by atoms with Crippen LogP contribution in [0.15, 0.2) is 30.3 Å². The van der Waals surface area contributed by atoms with Crippen LogP contribution in [-0.2, 0) is 0 Å². The summed E-state index contributed by atoms with van der Waals surface area (Å²) in [7, 11) is 0. The van der Waals surface area contributed by atoms with E-state index in [2.05, 4.69) is 6.92 Å². The number of ketones is 1. The number of unbranched alkanes of at least 4 members (excludes halogenated alkanes) is 17. The molecule has 0 atom stereocenters. The summed E-state index contributed by atoms with van der Waals surface area (Å²) in [4.78, 5) is 12.0. The highest BCUT2D eigenvalue weighted by atomic mass is 16.1. The molecular formula is C27H46O. The Bertz CT molecular complexity index is 451. The first kappa shape index (κ1) is 24.9. The van der Waals surface area contributed by atoms with Gasteiger partial charge in [0.1, 0.15) is 0 Å². The minimum atomic E-state index is 0.303. The molecule has 1 rings (SSSR count). The van der Waals surface area contributed by atoms with Crippen molar-refractivity contribution in [2.45, 2.75) is 129 Å². The van der Waals surface area contributed by atoms with E-state index in [1.807, 2.05) is 30.3 Å². The number of hydrogen-bond acceptors (Lipinski definition) is 1. The van der Waals surface area contributed by atoms with Gasteiger partial charge in [0, 0.05) is 12.0 Å². The molecular weight excluding hydrogens is 340 g/mol. The zero-order chi connectivity index (χ0) is 20.1. The van der Waals surface area contributed by atoms with E-state index in [9.17, 15) is 4.79 Å². The molecule has 0 N–H and O–H groups in total. The molecule has 0 aliphatic rings. The maximum absolute atomic E-state index is 12.0. The quantitative estimate of drug-likeness (QED) is 0.161. The molecule has 160 valence electrons. The minimum Gasteiger partial charge on any atom is -0.294 e. The van der Waals surface area contributed by atoms with Gasteiger partial charge >= 0.3 is 0 Å². The number of Topliss-reactive ketones (excluding diaryl/α,β-unsaturated/α-hetero) is 1. The fourth-order valence-corrected chi connectivity index (χ4v) is 3.96. The first-order valence-corrected chi connectivity index (χ1v) is 12.4. The van der Waals surface area contributed by atoms with Gasteiger partial charge in [-0.15, -0.1) is 0 Å². The lowest BCUT2D eigenvalue weighted by Crippen LogP contribution is -1.98. The van der Waals surface area contributed by atoms with Gasteiger partial charge in [-0.25, -0.2) is 0 Å². The highest BCUT2D eigenvalue weighted by molar-refractivity contribution is 5.95. The monoisotopic (exact) mass is 386 g/mol. The molecule has 0 aliphatic heterocycles. The Morgan fingerprint density at radius 2 is 0.893 bits per heavy atom. The Kier molecular flexibility index (Phi) is 17.1. The van der Waals surface area contributed by atoms with E-state index in [1.54, 1.807) is 0 Å². The van der Waals surface area contributed by atoms with Crippen LogP contribution in [0.2, 0.25) is 0 Å².